The fourth-order valence-corrected chi connectivity index (χ4v) is 2.52. The van der Waals surface area contributed by atoms with E-state index in [1.165, 1.54) is 77.7 Å². The molecule has 5 nitrogen and oxygen atoms in total. The molecule has 0 amide bonds. The van der Waals surface area contributed by atoms with E-state index in [2.05, 4.69) is 37.2 Å². The summed E-state index contributed by atoms with van der Waals surface area (Å²) in [4.78, 5) is 0. The highest BCUT2D eigenvalue weighted by Gasteiger charge is 2.06. The maximum absolute atomic E-state index is 9.56. The Labute approximate surface area is 163 Å². The number of hydrogen-bond acceptors (Lipinski definition) is 4. The van der Waals surface area contributed by atoms with Gasteiger partial charge in [0.05, 0.1) is 6.61 Å². The van der Waals surface area contributed by atoms with Crippen LogP contribution in [0, 0.1) is 0 Å². The third kappa shape index (κ3) is 35.9. The molecular weight excluding hydrogens is 362 g/mol. The molecule has 0 unspecified atom stereocenters. The summed E-state index contributed by atoms with van der Waals surface area (Å²) in [5.74, 6) is 0. The van der Waals surface area contributed by atoms with Gasteiger partial charge >= 0.3 is 10.4 Å². The average Bonchev–Trinajstić information content (AvgIpc) is 2.43. The highest BCUT2D eigenvalue weighted by molar-refractivity contribution is 7.80. The highest BCUT2D eigenvalue weighted by atomic mass is 35.5. The zero-order valence-electron chi connectivity index (χ0n) is 17.0. The van der Waals surface area contributed by atoms with Gasteiger partial charge in [-0.2, -0.15) is 8.42 Å². The van der Waals surface area contributed by atoms with Crippen LogP contribution >= 0.6 is 12.4 Å². The van der Waals surface area contributed by atoms with E-state index in [9.17, 15) is 8.42 Å². The molecule has 0 fully saturated rings. The van der Waals surface area contributed by atoms with Gasteiger partial charge in [0.1, 0.15) is 0 Å². The molecule has 0 rings (SSSR count). The van der Waals surface area contributed by atoms with Crippen LogP contribution in [0.2, 0.25) is 0 Å². The van der Waals surface area contributed by atoms with Crippen LogP contribution in [0.1, 0.15) is 98.8 Å². The van der Waals surface area contributed by atoms with E-state index >= 15 is 0 Å². The van der Waals surface area contributed by atoms with Crippen LogP contribution in [0.5, 0.6) is 0 Å². The monoisotopic (exact) mass is 403 g/mol. The van der Waals surface area contributed by atoms with Gasteiger partial charge < -0.3 is 5.32 Å². The Morgan fingerprint density at radius 1 is 0.840 bits per heavy atom. The lowest BCUT2D eigenvalue weighted by Crippen LogP contribution is -2.36. The number of halogens is 1. The zero-order valence-corrected chi connectivity index (χ0v) is 18.6. The summed E-state index contributed by atoms with van der Waals surface area (Å²) in [5.41, 5.74) is 0.291. The van der Waals surface area contributed by atoms with Crippen LogP contribution in [0.25, 0.3) is 0 Å². The van der Waals surface area contributed by atoms with E-state index in [4.69, 9.17) is 4.55 Å². The SMILES string of the molecule is CCCCCCCCCCCCNC(C)(C)C.CCOS(=O)(=O)O.Cl. The summed E-state index contributed by atoms with van der Waals surface area (Å²) in [6.45, 7) is 11.6. The van der Waals surface area contributed by atoms with Crippen molar-refractivity contribution >= 4 is 22.8 Å². The molecule has 0 bridgehead atoms. The van der Waals surface area contributed by atoms with Gasteiger partial charge in [-0.25, -0.2) is 4.18 Å². The van der Waals surface area contributed by atoms with Gasteiger partial charge in [-0.05, 0) is 40.7 Å². The Hall–Kier alpha value is 0.120. The predicted molar refractivity (Wildman–Crippen MR) is 110 cm³/mol. The van der Waals surface area contributed by atoms with Gasteiger partial charge in [0.15, 0.2) is 0 Å². The van der Waals surface area contributed by atoms with Gasteiger partial charge in [0.25, 0.3) is 0 Å². The second kappa shape index (κ2) is 18.9. The summed E-state index contributed by atoms with van der Waals surface area (Å²) >= 11 is 0. The first-order valence-corrected chi connectivity index (χ1v) is 10.9. The summed E-state index contributed by atoms with van der Waals surface area (Å²) in [6, 6.07) is 0. The minimum Gasteiger partial charge on any atom is -0.312 e. The van der Waals surface area contributed by atoms with Crippen LogP contribution in [0.3, 0.4) is 0 Å². The van der Waals surface area contributed by atoms with Crippen molar-refractivity contribution in [1.29, 1.82) is 0 Å². The number of rotatable bonds is 13. The fraction of sp³-hybridized carbons (Fsp3) is 1.00. The predicted octanol–water partition coefficient (Wildman–Crippen LogP) is 5.54. The maximum atomic E-state index is 9.56. The van der Waals surface area contributed by atoms with Crippen molar-refractivity contribution in [3.8, 4) is 0 Å². The molecule has 0 spiro atoms. The molecule has 0 aromatic carbocycles. The van der Waals surface area contributed by atoms with E-state index < -0.39 is 10.4 Å². The quantitative estimate of drug-likeness (QED) is 0.311. The van der Waals surface area contributed by atoms with Gasteiger partial charge in [-0.1, -0.05) is 64.7 Å². The number of nitrogens with one attached hydrogen (secondary N) is 1. The van der Waals surface area contributed by atoms with Gasteiger partial charge in [0.2, 0.25) is 0 Å². The number of hydrogen-bond donors (Lipinski definition) is 2. The summed E-state index contributed by atoms with van der Waals surface area (Å²) < 4.78 is 30.7. The number of unbranched alkanes of at least 4 members (excludes halogenated alkanes) is 9. The van der Waals surface area contributed by atoms with E-state index in [0.717, 1.165) is 0 Å². The molecule has 0 heterocycles. The molecule has 0 saturated heterocycles. The normalized spacial score (nSPS) is 11.4. The van der Waals surface area contributed by atoms with Gasteiger partial charge in [-0.15, -0.1) is 12.4 Å². The standard InChI is InChI=1S/C16H35N.C2H6O4S.ClH/c1-5-6-7-8-9-10-11-12-13-14-15-17-16(2,3)4;1-2-6-7(3,4)5;/h17H,5-15H2,1-4H3;2H2,1H3,(H,3,4,5);1H. The maximum Gasteiger partial charge on any atom is 0.397 e. The first-order valence-electron chi connectivity index (χ1n) is 9.49. The Bertz CT molecular complexity index is 357. The Balaban J connectivity index is -0.000000513. The van der Waals surface area contributed by atoms with Gasteiger partial charge in [0, 0.05) is 5.54 Å². The first kappa shape index (κ1) is 29.9. The Kier molecular flexibility index (Phi) is 22.6. The minimum absolute atomic E-state index is 0. The summed E-state index contributed by atoms with van der Waals surface area (Å²) in [7, 11) is -4.17. The molecule has 7 heteroatoms. The average molecular weight is 404 g/mol. The second-order valence-corrected chi connectivity index (χ2v) is 8.28. The fourth-order valence-electron chi connectivity index (χ4n) is 2.22. The van der Waals surface area contributed by atoms with E-state index in [1.54, 1.807) is 0 Å². The first-order chi connectivity index (χ1) is 11.1. The molecule has 0 atom stereocenters. The molecule has 0 aliphatic carbocycles. The van der Waals surface area contributed by atoms with E-state index in [-0.39, 0.29) is 19.0 Å². The lowest BCUT2D eigenvalue weighted by Gasteiger charge is -2.20. The van der Waals surface area contributed by atoms with Crippen molar-refractivity contribution in [2.75, 3.05) is 13.2 Å². The lowest BCUT2D eigenvalue weighted by molar-refractivity contribution is 0.283. The summed E-state index contributed by atoms with van der Waals surface area (Å²) in [6.07, 6.45) is 14.2. The molecule has 25 heavy (non-hydrogen) atoms. The van der Waals surface area contributed by atoms with Crippen molar-refractivity contribution in [2.45, 2.75) is 104 Å². The highest BCUT2D eigenvalue weighted by Crippen LogP contribution is 2.10. The largest absolute Gasteiger partial charge is 0.397 e. The lowest BCUT2D eigenvalue weighted by atomic mass is 10.1. The molecule has 2 N–H and O–H groups in total. The van der Waals surface area contributed by atoms with Crippen molar-refractivity contribution < 1.29 is 17.2 Å². The van der Waals surface area contributed by atoms with Gasteiger partial charge in [-0.3, -0.25) is 4.55 Å². The zero-order chi connectivity index (χ0) is 18.9. The van der Waals surface area contributed by atoms with Crippen LogP contribution < -0.4 is 5.32 Å². The molecular formula is C18H42ClNO4S. The topological polar surface area (TPSA) is 75.6 Å². The Morgan fingerprint density at radius 2 is 1.24 bits per heavy atom. The van der Waals surface area contributed by atoms with E-state index in [1.807, 2.05) is 0 Å². The van der Waals surface area contributed by atoms with Crippen molar-refractivity contribution in [1.82, 2.24) is 5.32 Å². The van der Waals surface area contributed by atoms with Crippen molar-refractivity contribution in [3.63, 3.8) is 0 Å². The molecule has 0 aliphatic heterocycles. The van der Waals surface area contributed by atoms with E-state index in [0.29, 0.717) is 5.54 Å². The van der Waals surface area contributed by atoms with Crippen LogP contribution in [-0.4, -0.2) is 31.7 Å². The van der Waals surface area contributed by atoms with Crippen molar-refractivity contribution in [3.05, 3.63) is 0 Å². The minimum atomic E-state index is -4.17. The van der Waals surface area contributed by atoms with Crippen LogP contribution in [-0.2, 0) is 14.6 Å². The molecule has 0 aromatic rings. The molecule has 0 radical (unpaired) electrons. The second-order valence-electron chi connectivity index (χ2n) is 7.19. The van der Waals surface area contributed by atoms with Crippen LogP contribution in [0.15, 0.2) is 0 Å². The molecule has 0 aliphatic rings. The third-order valence-electron chi connectivity index (χ3n) is 3.45. The third-order valence-corrected chi connectivity index (χ3v) is 3.99. The smallest absolute Gasteiger partial charge is 0.312 e. The van der Waals surface area contributed by atoms with Crippen LogP contribution in [0.4, 0.5) is 0 Å². The van der Waals surface area contributed by atoms with Crippen molar-refractivity contribution in [2.24, 2.45) is 0 Å². The molecule has 156 valence electrons. The summed E-state index contributed by atoms with van der Waals surface area (Å²) in [5, 5.41) is 3.55. The molecule has 0 saturated carbocycles. The Morgan fingerprint density at radius 3 is 1.52 bits per heavy atom. The molecule has 0 aromatic heterocycles.